The summed E-state index contributed by atoms with van der Waals surface area (Å²) in [7, 11) is 3.12. The van der Waals surface area contributed by atoms with Crippen LogP contribution in [0, 0.1) is 5.92 Å². The molecule has 0 aliphatic heterocycles. The predicted octanol–water partition coefficient (Wildman–Crippen LogP) is 2.45. The van der Waals surface area contributed by atoms with Crippen molar-refractivity contribution in [1.82, 2.24) is 4.98 Å². The van der Waals surface area contributed by atoms with Crippen molar-refractivity contribution in [2.24, 2.45) is 5.92 Å². The van der Waals surface area contributed by atoms with Gasteiger partial charge in [0.2, 0.25) is 0 Å². The minimum Gasteiger partial charge on any atom is -0.497 e. The van der Waals surface area contributed by atoms with Crippen molar-refractivity contribution in [1.29, 1.82) is 0 Å². The molecular formula is C15H17NO3. The van der Waals surface area contributed by atoms with Gasteiger partial charge in [-0.15, -0.1) is 0 Å². The van der Waals surface area contributed by atoms with Gasteiger partial charge in [0.05, 0.1) is 20.1 Å². The second-order valence-corrected chi connectivity index (χ2v) is 4.96. The maximum Gasteiger partial charge on any atom is 0.309 e. The highest BCUT2D eigenvalue weighted by Gasteiger charge is 2.27. The third-order valence-electron chi connectivity index (χ3n) is 3.93. The fourth-order valence-electron chi connectivity index (χ4n) is 2.89. The first-order valence-electron chi connectivity index (χ1n) is 6.48. The summed E-state index contributed by atoms with van der Waals surface area (Å²) in [5.41, 5.74) is 3.58. The van der Waals surface area contributed by atoms with E-state index in [4.69, 9.17) is 9.47 Å². The zero-order valence-electron chi connectivity index (χ0n) is 11.2. The molecule has 3 rings (SSSR count). The number of nitrogens with one attached hydrogen (secondary N) is 1. The molecule has 0 bridgehead atoms. The van der Waals surface area contributed by atoms with Gasteiger partial charge in [0.15, 0.2) is 0 Å². The Bertz CT molecular complexity index is 630. The summed E-state index contributed by atoms with van der Waals surface area (Å²) < 4.78 is 10.1. The SMILES string of the molecule is COC(=O)C1CCc2[nH]c3ccc(OC)cc3c2C1. The van der Waals surface area contributed by atoms with Crippen molar-refractivity contribution in [3.8, 4) is 5.75 Å². The van der Waals surface area contributed by atoms with E-state index >= 15 is 0 Å². The number of ether oxygens (including phenoxy) is 2. The largest absolute Gasteiger partial charge is 0.497 e. The van der Waals surface area contributed by atoms with E-state index in [2.05, 4.69) is 4.98 Å². The molecule has 0 spiro atoms. The fraction of sp³-hybridized carbons (Fsp3) is 0.400. The van der Waals surface area contributed by atoms with E-state index in [-0.39, 0.29) is 11.9 Å². The van der Waals surface area contributed by atoms with Crippen LogP contribution in [0.3, 0.4) is 0 Å². The fourth-order valence-corrected chi connectivity index (χ4v) is 2.89. The molecule has 1 unspecified atom stereocenters. The molecule has 0 saturated heterocycles. The molecule has 0 saturated carbocycles. The average molecular weight is 259 g/mol. The van der Waals surface area contributed by atoms with Gasteiger partial charge in [0.1, 0.15) is 5.75 Å². The Morgan fingerprint density at radius 2 is 2.21 bits per heavy atom. The summed E-state index contributed by atoms with van der Waals surface area (Å²) in [4.78, 5) is 15.1. The Hall–Kier alpha value is -1.97. The van der Waals surface area contributed by atoms with Gasteiger partial charge < -0.3 is 14.5 Å². The minimum atomic E-state index is -0.108. The lowest BCUT2D eigenvalue weighted by Gasteiger charge is -2.20. The van der Waals surface area contributed by atoms with Gasteiger partial charge in [-0.2, -0.15) is 0 Å². The molecule has 0 fully saturated rings. The number of rotatable bonds is 2. The third kappa shape index (κ3) is 1.97. The van der Waals surface area contributed by atoms with Crippen molar-refractivity contribution in [2.45, 2.75) is 19.3 Å². The van der Waals surface area contributed by atoms with Gasteiger partial charge in [-0.1, -0.05) is 0 Å². The number of aryl methyl sites for hydroxylation is 1. The zero-order chi connectivity index (χ0) is 13.4. The van der Waals surface area contributed by atoms with E-state index in [0.717, 1.165) is 35.9 Å². The topological polar surface area (TPSA) is 51.3 Å². The first-order chi connectivity index (χ1) is 9.22. The number of carbonyl (C=O) groups is 1. The quantitative estimate of drug-likeness (QED) is 0.843. The first-order valence-corrected chi connectivity index (χ1v) is 6.48. The highest BCUT2D eigenvalue weighted by atomic mass is 16.5. The molecule has 1 heterocycles. The van der Waals surface area contributed by atoms with E-state index in [1.807, 2.05) is 18.2 Å². The molecule has 1 aromatic carbocycles. The normalized spacial score (nSPS) is 18.1. The van der Waals surface area contributed by atoms with Gasteiger partial charge in [-0.25, -0.2) is 0 Å². The monoisotopic (exact) mass is 259 g/mol. The molecule has 0 radical (unpaired) electrons. The van der Waals surface area contributed by atoms with Crippen LogP contribution in [0.4, 0.5) is 0 Å². The van der Waals surface area contributed by atoms with Crippen LogP contribution in [0.2, 0.25) is 0 Å². The lowest BCUT2D eigenvalue weighted by atomic mass is 9.86. The molecule has 1 aliphatic carbocycles. The number of aromatic amines is 1. The lowest BCUT2D eigenvalue weighted by molar-refractivity contribution is -0.145. The molecule has 1 N–H and O–H groups in total. The first kappa shape index (κ1) is 12.1. The number of methoxy groups -OCH3 is 2. The Labute approximate surface area is 111 Å². The molecule has 0 amide bonds. The van der Waals surface area contributed by atoms with Crippen LogP contribution >= 0.6 is 0 Å². The smallest absolute Gasteiger partial charge is 0.309 e. The summed E-state index contributed by atoms with van der Waals surface area (Å²) in [6.45, 7) is 0. The zero-order valence-corrected chi connectivity index (χ0v) is 11.2. The summed E-state index contributed by atoms with van der Waals surface area (Å²) in [5, 5.41) is 1.16. The summed E-state index contributed by atoms with van der Waals surface area (Å²) in [6.07, 6.45) is 2.49. The van der Waals surface area contributed by atoms with E-state index in [1.54, 1.807) is 7.11 Å². The van der Waals surface area contributed by atoms with Gasteiger partial charge in [0.25, 0.3) is 0 Å². The number of hydrogen-bond donors (Lipinski definition) is 1. The Morgan fingerprint density at radius 3 is 2.95 bits per heavy atom. The van der Waals surface area contributed by atoms with E-state index in [9.17, 15) is 4.79 Å². The molecule has 4 heteroatoms. The van der Waals surface area contributed by atoms with Gasteiger partial charge in [-0.05, 0) is 43.0 Å². The molecule has 4 nitrogen and oxygen atoms in total. The van der Waals surface area contributed by atoms with Crippen molar-refractivity contribution in [3.63, 3.8) is 0 Å². The van der Waals surface area contributed by atoms with Crippen LogP contribution < -0.4 is 4.74 Å². The van der Waals surface area contributed by atoms with Crippen LogP contribution in [0.25, 0.3) is 10.9 Å². The Morgan fingerprint density at radius 1 is 1.37 bits per heavy atom. The molecule has 100 valence electrons. The molecule has 2 aromatic rings. The van der Waals surface area contributed by atoms with Crippen LogP contribution in [0.1, 0.15) is 17.7 Å². The van der Waals surface area contributed by atoms with Crippen LogP contribution in [-0.4, -0.2) is 25.2 Å². The summed E-state index contributed by atoms with van der Waals surface area (Å²) >= 11 is 0. The van der Waals surface area contributed by atoms with E-state index in [0.29, 0.717) is 0 Å². The molecule has 19 heavy (non-hydrogen) atoms. The lowest BCUT2D eigenvalue weighted by Crippen LogP contribution is -2.23. The Balaban J connectivity index is 2.04. The van der Waals surface area contributed by atoms with Crippen LogP contribution in [0.5, 0.6) is 5.75 Å². The maximum absolute atomic E-state index is 11.7. The third-order valence-corrected chi connectivity index (χ3v) is 3.93. The minimum absolute atomic E-state index is 0.0253. The van der Waals surface area contributed by atoms with E-state index in [1.165, 1.54) is 18.4 Å². The molecular weight excluding hydrogens is 242 g/mol. The van der Waals surface area contributed by atoms with Crippen LogP contribution in [0.15, 0.2) is 18.2 Å². The van der Waals surface area contributed by atoms with E-state index < -0.39 is 0 Å². The number of carbonyl (C=O) groups excluding carboxylic acids is 1. The second kappa shape index (κ2) is 4.61. The standard InChI is InChI=1S/C15H17NO3/c1-18-10-4-6-14-12(8-10)11-7-9(15(17)19-2)3-5-13(11)16-14/h4,6,8-9,16H,3,5,7H2,1-2H3. The number of hydrogen-bond acceptors (Lipinski definition) is 3. The molecule has 1 aliphatic rings. The second-order valence-electron chi connectivity index (χ2n) is 4.96. The maximum atomic E-state index is 11.7. The van der Waals surface area contributed by atoms with Crippen molar-refractivity contribution < 1.29 is 14.3 Å². The van der Waals surface area contributed by atoms with Crippen molar-refractivity contribution in [2.75, 3.05) is 14.2 Å². The van der Waals surface area contributed by atoms with Gasteiger partial charge in [-0.3, -0.25) is 4.79 Å². The average Bonchev–Trinajstić information content (AvgIpc) is 2.83. The molecule has 1 aromatic heterocycles. The highest BCUT2D eigenvalue weighted by molar-refractivity contribution is 5.87. The molecule has 1 atom stereocenters. The van der Waals surface area contributed by atoms with Crippen LogP contribution in [-0.2, 0) is 22.4 Å². The Kier molecular flexibility index (Phi) is 2.93. The van der Waals surface area contributed by atoms with Gasteiger partial charge in [0, 0.05) is 16.6 Å². The van der Waals surface area contributed by atoms with Gasteiger partial charge >= 0.3 is 5.97 Å². The number of aromatic nitrogens is 1. The number of benzene rings is 1. The summed E-state index contributed by atoms with van der Waals surface area (Å²) in [5.74, 6) is 0.708. The highest BCUT2D eigenvalue weighted by Crippen LogP contribution is 2.33. The number of fused-ring (bicyclic) bond motifs is 3. The number of esters is 1. The van der Waals surface area contributed by atoms with Crippen molar-refractivity contribution >= 4 is 16.9 Å². The summed E-state index contributed by atoms with van der Waals surface area (Å²) in [6, 6.07) is 6.01. The number of H-pyrrole nitrogens is 1. The van der Waals surface area contributed by atoms with Crippen molar-refractivity contribution in [3.05, 3.63) is 29.5 Å². The predicted molar refractivity (Wildman–Crippen MR) is 72.4 cm³/mol.